The summed E-state index contributed by atoms with van der Waals surface area (Å²) >= 11 is 1.41. The smallest absolute Gasteiger partial charge is 0.207 e. The first-order valence-electron chi connectivity index (χ1n) is 5.29. The van der Waals surface area contributed by atoms with E-state index in [1.54, 1.807) is 6.20 Å². The van der Waals surface area contributed by atoms with Crippen LogP contribution >= 0.6 is 11.8 Å². The highest BCUT2D eigenvalue weighted by molar-refractivity contribution is 7.98. The molecule has 0 fully saturated rings. The summed E-state index contributed by atoms with van der Waals surface area (Å²) in [5.41, 5.74) is 1.66. The van der Waals surface area contributed by atoms with Gasteiger partial charge in [-0.15, -0.1) is 5.10 Å². The highest BCUT2D eigenvalue weighted by Crippen LogP contribution is 2.23. The number of nitrogens with zero attached hydrogens (tertiary/aromatic N) is 4. The van der Waals surface area contributed by atoms with E-state index in [9.17, 15) is 4.39 Å². The molecule has 0 spiro atoms. The van der Waals surface area contributed by atoms with E-state index >= 15 is 0 Å². The van der Waals surface area contributed by atoms with Crippen molar-refractivity contribution in [3.63, 3.8) is 0 Å². The normalized spacial score (nSPS) is 11.0. The van der Waals surface area contributed by atoms with Gasteiger partial charge in [-0.2, -0.15) is 0 Å². The molecule has 0 radical (unpaired) electrons. The van der Waals surface area contributed by atoms with Crippen LogP contribution in [0.2, 0.25) is 0 Å². The minimum atomic E-state index is -0.344. The second kappa shape index (κ2) is 4.38. The molecule has 0 saturated heterocycles. The Morgan fingerprint density at radius 3 is 2.89 bits per heavy atom. The molecular formula is C12H9FN4S. The zero-order valence-electron chi connectivity index (χ0n) is 9.54. The molecule has 0 bridgehead atoms. The molecule has 0 amide bonds. The topological polar surface area (TPSA) is 43.1 Å². The van der Waals surface area contributed by atoms with Crippen molar-refractivity contribution in [2.45, 2.75) is 5.16 Å². The van der Waals surface area contributed by atoms with Crippen molar-refractivity contribution in [3.8, 4) is 11.4 Å². The van der Waals surface area contributed by atoms with Crippen LogP contribution in [-0.2, 0) is 0 Å². The summed E-state index contributed by atoms with van der Waals surface area (Å²) in [6.45, 7) is 0. The summed E-state index contributed by atoms with van der Waals surface area (Å²) < 4.78 is 15.3. The number of halogens is 1. The van der Waals surface area contributed by atoms with Crippen LogP contribution in [0.3, 0.4) is 0 Å². The first-order chi connectivity index (χ1) is 8.79. The highest BCUT2D eigenvalue weighted by Gasteiger charge is 2.13. The molecule has 0 aromatic carbocycles. The van der Waals surface area contributed by atoms with Gasteiger partial charge < -0.3 is 0 Å². The second-order valence-electron chi connectivity index (χ2n) is 3.63. The minimum absolute atomic E-state index is 0.344. The van der Waals surface area contributed by atoms with E-state index in [-0.39, 0.29) is 5.82 Å². The lowest BCUT2D eigenvalue weighted by Crippen LogP contribution is -1.98. The zero-order chi connectivity index (χ0) is 12.5. The zero-order valence-corrected chi connectivity index (χ0v) is 10.4. The van der Waals surface area contributed by atoms with Gasteiger partial charge in [0.15, 0.2) is 5.82 Å². The molecule has 3 rings (SSSR count). The molecule has 0 aliphatic rings. The van der Waals surface area contributed by atoms with Crippen LogP contribution in [0.5, 0.6) is 0 Å². The van der Waals surface area contributed by atoms with Crippen LogP contribution in [0.15, 0.2) is 41.8 Å². The van der Waals surface area contributed by atoms with Crippen LogP contribution in [0.1, 0.15) is 0 Å². The van der Waals surface area contributed by atoms with Crippen molar-refractivity contribution < 1.29 is 4.39 Å². The summed E-state index contributed by atoms with van der Waals surface area (Å²) in [5.74, 6) is -0.344. The predicted octanol–water partition coefficient (Wildman–Crippen LogP) is 2.65. The predicted molar refractivity (Wildman–Crippen MR) is 68.0 cm³/mol. The van der Waals surface area contributed by atoms with Gasteiger partial charge in [0.1, 0.15) is 5.52 Å². The Labute approximate surface area is 107 Å². The number of aromatic nitrogens is 4. The molecule has 0 atom stereocenters. The summed E-state index contributed by atoms with van der Waals surface area (Å²) in [4.78, 5) is 8.28. The van der Waals surface area contributed by atoms with E-state index in [4.69, 9.17) is 0 Å². The molecule has 4 nitrogen and oxygen atoms in total. The fourth-order valence-corrected chi connectivity index (χ4v) is 2.05. The summed E-state index contributed by atoms with van der Waals surface area (Å²) in [5, 5.41) is 4.87. The van der Waals surface area contributed by atoms with Crippen LogP contribution < -0.4 is 0 Å². The number of pyridine rings is 1. The Morgan fingerprint density at radius 1 is 1.28 bits per heavy atom. The van der Waals surface area contributed by atoms with E-state index in [0.29, 0.717) is 22.1 Å². The van der Waals surface area contributed by atoms with Gasteiger partial charge in [0.05, 0.1) is 17.6 Å². The highest BCUT2D eigenvalue weighted by atomic mass is 32.2. The molecule has 6 heteroatoms. The van der Waals surface area contributed by atoms with Crippen LogP contribution in [0.25, 0.3) is 16.9 Å². The first kappa shape index (κ1) is 11.2. The quantitative estimate of drug-likeness (QED) is 0.664. The third-order valence-electron chi connectivity index (χ3n) is 2.56. The van der Waals surface area contributed by atoms with Crippen LogP contribution in [0.4, 0.5) is 4.39 Å². The Morgan fingerprint density at radius 2 is 2.17 bits per heavy atom. The molecule has 0 N–H and O–H groups in total. The van der Waals surface area contributed by atoms with Gasteiger partial charge in [0.25, 0.3) is 0 Å². The van der Waals surface area contributed by atoms with Crippen molar-refractivity contribution in [2.75, 3.05) is 6.26 Å². The molecule has 18 heavy (non-hydrogen) atoms. The van der Waals surface area contributed by atoms with Gasteiger partial charge >= 0.3 is 0 Å². The second-order valence-corrected chi connectivity index (χ2v) is 4.41. The van der Waals surface area contributed by atoms with E-state index in [1.165, 1.54) is 28.5 Å². The molecule has 3 aromatic rings. The van der Waals surface area contributed by atoms with Crippen molar-refractivity contribution in [2.24, 2.45) is 0 Å². The van der Waals surface area contributed by atoms with Gasteiger partial charge in [-0.25, -0.2) is 13.9 Å². The van der Waals surface area contributed by atoms with E-state index < -0.39 is 0 Å². The number of hydrogen-bond acceptors (Lipinski definition) is 4. The third-order valence-corrected chi connectivity index (χ3v) is 3.11. The summed E-state index contributed by atoms with van der Waals surface area (Å²) in [7, 11) is 0. The van der Waals surface area contributed by atoms with E-state index in [0.717, 1.165) is 0 Å². The maximum Gasteiger partial charge on any atom is 0.207 e. The average Bonchev–Trinajstić information content (AvgIpc) is 2.76. The van der Waals surface area contributed by atoms with E-state index in [2.05, 4.69) is 15.1 Å². The first-order valence-corrected chi connectivity index (χ1v) is 6.52. The monoisotopic (exact) mass is 260 g/mol. The van der Waals surface area contributed by atoms with Crippen LogP contribution in [-0.4, -0.2) is 25.8 Å². The Hall–Kier alpha value is -1.95. The third kappa shape index (κ3) is 1.74. The standard InChI is InChI=1S/C12H9FN4S/c1-18-12-15-7-11-8(13)6-10(17(11)16-12)9-4-2-3-5-14-9/h2-7H,1H3. The molecule has 0 aliphatic heterocycles. The minimum Gasteiger partial charge on any atom is -0.255 e. The summed E-state index contributed by atoms with van der Waals surface area (Å²) in [6.07, 6.45) is 5.03. The Kier molecular flexibility index (Phi) is 2.71. The van der Waals surface area contributed by atoms with Gasteiger partial charge in [0.2, 0.25) is 5.16 Å². The van der Waals surface area contributed by atoms with Crippen molar-refractivity contribution >= 4 is 17.3 Å². The average molecular weight is 260 g/mol. The van der Waals surface area contributed by atoms with Crippen molar-refractivity contribution in [1.82, 2.24) is 19.6 Å². The fraction of sp³-hybridized carbons (Fsp3) is 0.0833. The molecule has 0 aliphatic carbocycles. The number of fused-ring (bicyclic) bond motifs is 1. The number of hydrogen-bond donors (Lipinski definition) is 0. The lowest BCUT2D eigenvalue weighted by Gasteiger charge is -2.01. The summed E-state index contributed by atoms with van der Waals surface area (Å²) in [6, 6.07) is 6.92. The largest absolute Gasteiger partial charge is 0.255 e. The molecule has 3 aromatic heterocycles. The fourth-order valence-electron chi connectivity index (χ4n) is 1.73. The molecule has 90 valence electrons. The number of rotatable bonds is 2. The maximum absolute atomic E-state index is 13.8. The van der Waals surface area contributed by atoms with Gasteiger partial charge in [-0.3, -0.25) is 4.98 Å². The molecular weight excluding hydrogens is 251 g/mol. The van der Waals surface area contributed by atoms with Gasteiger partial charge in [-0.05, 0) is 18.4 Å². The number of thioether (sulfide) groups is 1. The van der Waals surface area contributed by atoms with Gasteiger partial charge in [0, 0.05) is 12.3 Å². The van der Waals surface area contributed by atoms with E-state index in [1.807, 2.05) is 24.5 Å². The van der Waals surface area contributed by atoms with Crippen molar-refractivity contribution in [3.05, 3.63) is 42.5 Å². The lowest BCUT2D eigenvalue weighted by atomic mass is 10.3. The lowest BCUT2D eigenvalue weighted by molar-refractivity contribution is 0.636. The Bertz CT molecular complexity index is 696. The van der Waals surface area contributed by atoms with Gasteiger partial charge in [-0.1, -0.05) is 17.8 Å². The van der Waals surface area contributed by atoms with Crippen molar-refractivity contribution in [1.29, 1.82) is 0 Å². The Balaban J connectivity index is 2.29. The SMILES string of the molecule is CSc1ncc2c(F)cc(-c3ccccn3)n2n1. The molecule has 3 heterocycles. The van der Waals surface area contributed by atoms with Crippen LogP contribution in [0, 0.1) is 5.82 Å². The molecule has 0 saturated carbocycles. The maximum atomic E-state index is 13.8. The molecule has 0 unspecified atom stereocenters.